The molecule has 1 rings (SSSR count). The highest BCUT2D eigenvalue weighted by atomic mass is 14.9. The van der Waals surface area contributed by atoms with Crippen LogP contribution in [0.5, 0.6) is 0 Å². The summed E-state index contributed by atoms with van der Waals surface area (Å²) >= 11 is 0. The first kappa shape index (κ1) is 15.3. The fourth-order valence-electron chi connectivity index (χ4n) is 2.16. The van der Waals surface area contributed by atoms with Crippen LogP contribution in [0.15, 0.2) is 61.2 Å². The Kier molecular flexibility index (Phi) is 6.14. The topological polar surface area (TPSA) is 12.0 Å². The summed E-state index contributed by atoms with van der Waals surface area (Å²) in [5.41, 5.74) is 3.61. The SMILES string of the molecule is C=C/C=C\C(=C)C(CC)c1ccc(NC(C)C)cc1. The van der Waals surface area contributed by atoms with Crippen LogP contribution in [0.1, 0.15) is 38.7 Å². The van der Waals surface area contributed by atoms with Gasteiger partial charge in [0, 0.05) is 17.6 Å². The average molecular weight is 255 g/mol. The number of benzene rings is 1. The molecule has 0 aliphatic rings. The van der Waals surface area contributed by atoms with E-state index in [1.54, 1.807) is 6.08 Å². The highest BCUT2D eigenvalue weighted by molar-refractivity contribution is 5.47. The van der Waals surface area contributed by atoms with Crippen molar-refractivity contribution in [1.82, 2.24) is 0 Å². The maximum absolute atomic E-state index is 4.16. The Hall–Kier alpha value is -1.76. The number of hydrogen-bond donors (Lipinski definition) is 1. The van der Waals surface area contributed by atoms with Gasteiger partial charge in [-0.2, -0.15) is 0 Å². The van der Waals surface area contributed by atoms with E-state index in [4.69, 9.17) is 0 Å². The fraction of sp³-hybridized carbons (Fsp3) is 0.333. The molecule has 0 saturated heterocycles. The second kappa shape index (κ2) is 7.63. The maximum Gasteiger partial charge on any atom is 0.0342 e. The van der Waals surface area contributed by atoms with E-state index in [9.17, 15) is 0 Å². The normalized spacial score (nSPS) is 12.6. The number of allylic oxidation sites excluding steroid dienone is 4. The Balaban J connectivity index is 2.84. The minimum absolute atomic E-state index is 0.379. The molecule has 1 aromatic carbocycles. The Labute approximate surface area is 117 Å². The van der Waals surface area contributed by atoms with Crippen molar-refractivity contribution in [3.8, 4) is 0 Å². The minimum Gasteiger partial charge on any atom is -0.383 e. The molecule has 0 aliphatic carbocycles. The molecule has 19 heavy (non-hydrogen) atoms. The van der Waals surface area contributed by atoms with Crippen LogP contribution in [0.4, 0.5) is 5.69 Å². The van der Waals surface area contributed by atoms with E-state index in [0.717, 1.165) is 12.0 Å². The van der Waals surface area contributed by atoms with E-state index in [-0.39, 0.29) is 0 Å². The maximum atomic E-state index is 4.16. The molecular formula is C18H25N. The molecule has 1 atom stereocenters. The van der Waals surface area contributed by atoms with E-state index in [1.807, 2.05) is 12.2 Å². The van der Waals surface area contributed by atoms with Crippen molar-refractivity contribution in [3.63, 3.8) is 0 Å². The Bertz CT molecular complexity index is 437. The molecule has 0 aliphatic heterocycles. The first-order valence-corrected chi connectivity index (χ1v) is 6.92. The van der Waals surface area contributed by atoms with Crippen LogP contribution in [0.25, 0.3) is 0 Å². The van der Waals surface area contributed by atoms with Crippen molar-refractivity contribution in [1.29, 1.82) is 0 Å². The van der Waals surface area contributed by atoms with Crippen LogP contribution in [-0.4, -0.2) is 6.04 Å². The number of nitrogens with one attached hydrogen (secondary N) is 1. The molecule has 0 bridgehead atoms. The first-order chi connectivity index (χ1) is 9.08. The van der Waals surface area contributed by atoms with Gasteiger partial charge in [-0.15, -0.1) is 0 Å². The molecule has 1 unspecified atom stereocenters. The summed E-state index contributed by atoms with van der Waals surface area (Å²) < 4.78 is 0. The van der Waals surface area contributed by atoms with Crippen molar-refractivity contribution >= 4 is 5.69 Å². The van der Waals surface area contributed by atoms with Gasteiger partial charge < -0.3 is 5.32 Å². The molecule has 0 heterocycles. The predicted octanol–water partition coefficient (Wildman–Crippen LogP) is 5.30. The van der Waals surface area contributed by atoms with Crippen molar-refractivity contribution < 1.29 is 0 Å². The number of anilines is 1. The molecule has 0 amide bonds. The summed E-state index contributed by atoms with van der Waals surface area (Å²) in [5, 5.41) is 3.40. The van der Waals surface area contributed by atoms with Gasteiger partial charge in [0.15, 0.2) is 0 Å². The molecule has 1 nitrogen and oxygen atoms in total. The van der Waals surface area contributed by atoms with E-state index in [1.165, 1.54) is 11.3 Å². The second-order valence-electron chi connectivity index (χ2n) is 5.05. The van der Waals surface area contributed by atoms with Crippen LogP contribution >= 0.6 is 0 Å². The van der Waals surface area contributed by atoms with E-state index in [2.05, 4.69) is 63.5 Å². The van der Waals surface area contributed by atoms with Crippen LogP contribution < -0.4 is 5.32 Å². The van der Waals surface area contributed by atoms with E-state index < -0.39 is 0 Å². The summed E-state index contributed by atoms with van der Waals surface area (Å²) in [6.07, 6.45) is 6.83. The smallest absolute Gasteiger partial charge is 0.0342 e. The van der Waals surface area contributed by atoms with Gasteiger partial charge in [0.25, 0.3) is 0 Å². The first-order valence-electron chi connectivity index (χ1n) is 6.92. The van der Waals surface area contributed by atoms with Gasteiger partial charge in [-0.25, -0.2) is 0 Å². The van der Waals surface area contributed by atoms with Crippen molar-refractivity contribution in [2.75, 3.05) is 5.32 Å². The van der Waals surface area contributed by atoms with Crippen LogP contribution in [0.2, 0.25) is 0 Å². The Morgan fingerprint density at radius 2 is 1.89 bits per heavy atom. The van der Waals surface area contributed by atoms with Gasteiger partial charge in [-0.3, -0.25) is 0 Å². The highest BCUT2D eigenvalue weighted by Gasteiger charge is 2.11. The third kappa shape index (κ3) is 4.78. The zero-order valence-electron chi connectivity index (χ0n) is 12.3. The molecule has 102 valence electrons. The quantitative estimate of drug-likeness (QED) is 0.652. The summed E-state index contributed by atoms with van der Waals surface area (Å²) in [4.78, 5) is 0. The molecule has 0 radical (unpaired) electrons. The highest BCUT2D eigenvalue weighted by Crippen LogP contribution is 2.28. The van der Waals surface area contributed by atoms with Crippen LogP contribution in [0.3, 0.4) is 0 Å². The molecule has 0 fully saturated rings. The Morgan fingerprint density at radius 3 is 2.37 bits per heavy atom. The molecule has 0 aromatic heterocycles. The zero-order valence-corrected chi connectivity index (χ0v) is 12.3. The third-order valence-corrected chi connectivity index (χ3v) is 3.07. The number of rotatable bonds is 7. The minimum atomic E-state index is 0.379. The molecular weight excluding hydrogens is 230 g/mol. The molecule has 0 spiro atoms. The zero-order chi connectivity index (χ0) is 14.3. The Morgan fingerprint density at radius 1 is 1.26 bits per heavy atom. The van der Waals surface area contributed by atoms with Gasteiger partial charge in [-0.05, 0) is 43.5 Å². The lowest BCUT2D eigenvalue weighted by atomic mass is 9.89. The molecule has 0 saturated carbocycles. The summed E-state index contributed by atoms with van der Waals surface area (Å²) in [5.74, 6) is 0.379. The van der Waals surface area contributed by atoms with Crippen molar-refractivity contribution in [2.24, 2.45) is 0 Å². The summed E-state index contributed by atoms with van der Waals surface area (Å²) in [7, 11) is 0. The van der Waals surface area contributed by atoms with Gasteiger partial charge in [0.05, 0.1) is 0 Å². The molecule has 1 heteroatoms. The average Bonchev–Trinajstić information content (AvgIpc) is 2.38. The van der Waals surface area contributed by atoms with Gasteiger partial charge in [-0.1, -0.05) is 50.4 Å². The van der Waals surface area contributed by atoms with Gasteiger partial charge in [0.2, 0.25) is 0 Å². The third-order valence-electron chi connectivity index (χ3n) is 3.07. The standard InChI is InChI=1S/C18H25N/c1-6-8-9-15(5)18(7-2)16-10-12-17(13-11-16)19-14(3)4/h6,8-14,18-19H,1,5,7H2,2-4H3/b9-8-. The second-order valence-corrected chi connectivity index (χ2v) is 5.05. The lowest BCUT2D eigenvalue weighted by molar-refractivity contribution is 0.778. The molecule has 1 aromatic rings. The van der Waals surface area contributed by atoms with Gasteiger partial charge >= 0.3 is 0 Å². The number of hydrogen-bond acceptors (Lipinski definition) is 1. The fourth-order valence-corrected chi connectivity index (χ4v) is 2.16. The monoisotopic (exact) mass is 255 g/mol. The lowest BCUT2D eigenvalue weighted by Crippen LogP contribution is -2.09. The largest absolute Gasteiger partial charge is 0.383 e. The summed E-state index contributed by atoms with van der Waals surface area (Å²) in [6, 6.07) is 9.11. The predicted molar refractivity (Wildman–Crippen MR) is 86.7 cm³/mol. The van der Waals surface area contributed by atoms with Crippen molar-refractivity contribution in [2.45, 2.75) is 39.2 Å². The van der Waals surface area contributed by atoms with Crippen LogP contribution in [-0.2, 0) is 0 Å². The van der Waals surface area contributed by atoms with E-state index in [0.29, 0.717) is 12.0 Å². The summed E-state index contributed by atoms with van der Waals surface area (Å²) in [6.45, 7) is 14.3. The molecule has 1 N–H and O–H groups in total. The van der Waals surface area contributed by atoms with Gasteiger partial charge in [0.1, 0.15) is 0 Å². The van der Waals surface area contributed by atoms with Crippen molar-refractivity contribution in [3.05, 3.63) is 66.8 Å². The van der Waals surface area contributed by atoms with E-state index >= 15 is 0 Å². The van der Waals surface area contributed by atoms with Crippen LogP contribution in [0, 0.1) is 0 Å². The lowest BCUT2D eigenvalue weighted by Gasteiger charge is -2.17.